The largest absolute Gasteiger partial charge is 0.504 e. The van der Waals surface area contributed by atoms with Crippen LogP contribution >= 0.6 is 0 Å². The summed E-state index contributed by atoms with van der Waals surface area (Å²) < 4.78 is 9.99. The normalized spacial score (nSPS) is 10.4. The molecule has 0 heterocycles. The van der Waals surface area contributed by atoms with Gasteiger partial charge in [-0.1, -0.05) is 19.9 Å². The SMILES string of the molecule is COc1cccc(C(=O)OCCC(C)C)c1O. The average molecular weight is 238 g/mol. The number of para-hydroxylation sites is 1. The standard InChI is InChI=1S/C13H18O4/c1-9(2)7-8-17-13(15)10-5-4-6-11(16-3)12(10)14/h4-6,9,14H,7-8H2,1-3H3. The Bertz CT molecular complexity index is 385. The van der Waals surface area contributed by atoms with E-state index >= 15 is 0 Å². The minimum absolute atomic E-state index is 0.133. The van der Waals surface area contributed by atoms with Gasteiger partial charge in [-0.05, 0) is 24.5 Å². The molecule has 0 aromatic heterocycles. The molecular formula is C13H18O4. The minimum Gasteiger partial charge on any atom is -0.504 e. The van der Waals surface area contributed by atoms with Crippen molar-refractivity contribution in [2.45, 2.75) is 20.3 Å². The van der Waals surface area contributed by atoms with Gasteiger partial charge >= 0.3 is 5.97 Å². The van der Waals surface area contributed by atoms with Crippen molar-refractivity contribution in [2.24, 2.45) is 5.92 Å². The molecule has 17 heavy (non-hydrogen) atoms. The Labute approximate surface area is 101 Å². The van der Waals surface area contributed by atoms with E-state index in [-0.39, 0.29) is 17.1 Å². The van der Waals surface area contributed by atoms with Gasteiger partial charge in [0.15, 0.2) is 11.5 Å². The van der Waals surface area contributed by atoms with Crippen molar-refractivity contribution in [3.63, 3.8) is 0 Å². The fraction of sp³-hybridized carbons (Fsp3) is 0.462. The molecule has 0 radical (unpaired) electrons. The molecule has 0 unspecified atom stereocenters. The van der Waals surface area contributed by atoms with Gasteiger partial charge in [-0.3, -0.25) is 0 Å². The highest BCUT2D eigenvalue weighted by molar-refractivity contribution is 5.93. The summed E-state index contributed by atoms with van der Waals surface area (Å²) in [5.74, 6) is 0.0385. The first-order valence-corrected chi connectivity index (χ1v) is 5.59. The molecular weight excluding hydrogens is 220 g/mol. The number of ether oxygens (including phenoxy) is 2. The van der Waals surface area contributed by atoms with Crippen molar-refractivity contribution in [3.8, 4) is 11.5 Å². The summed E-state index contributed by atoms with van der Waals surface area (Å²) in [4.78, 5) is 11.7. The van der Waals surface area contributed by atoms with Crippen LogP contribution in [-0.4, -0.2) is 24.8 Å². The summed E-state index contributed by atoms with van der Waals surface area (Å²) in [6.45, 7) is 4.46. The Morgan fingerprint density at radius 1 is 1.41 bits per heavy atom. The second-order valence-corrected chi connectivity index (χ2v) is 4.17. The third-order valence-corrected chi connectivity index (χ3v) is 2.37. The maximum atomic E-state index is 11.7. The topological polar surface area (TPSA) is 55.8 Å². The van der Waals surface area contributed by atoms with Crippen LogP contribution in [0.4, 0.5) is 0 Å². The maximum absolute atomic E-state index is 11.7. The number of phenols is 1. The summed E-state index contributed by atoms with van der Waals surface area (Å²) in [6.07, 6.45) is 0.802. The highest BCUT2D eigenvalue weighted by atomic mass is 16.5. The molecule has 1 aromatic carbocycles. The van der Waals surface area contributed by atoms with Gasteiger partial charge in [-0.25, -0.2) is 4.79 Å². The van der Waals surface area contributed by atoms with Crippen molar-refractivity contribution >= 4 is 5.97 Å². The third kappa shape index (κ3) is 3.66. The summed E-state index contributed by atoms with van der Waals surface area (Å²) in [6, 6.07) is 4.73. The zero-order chi connectivity index (χ0) is 12.8. The molecule has 0 aliphatic heterocycles. The van der Waals surface area contributed by atoms with Crippen molar-refractivity contribution < 1.29 is 19.4 Å². The molecule has 0 aliphatic carbocycles. The number of methoxy groups -OCH3 is 1. The van der Waals surface area contributed by atoms with Crippen molar-refractivity contribution in [3.05, 3.63) is 23.8 Å². The third-order valence-electron chi connectivity index (χ3n) is 2.37. The summed E-state index contributed by atoms with van der Waals surface area (Å²) in [5, 5.41) is 9.74. The molecule has 0 spiro atoms. The molecule has 0 amide bonds. The molecule has 0 atom stereocenters. The number of benzene rings is 1. The van der Waals surface area contributed by atoms with Gasteiger partial charge in [0.2, 0.25) is 0 Å². The molecule has 1 rings (SSSR count). The first-order chi connectivity index (χ1) is 8.06. The lowest BCUT2D eigenvalue weighted by Gasteiger charge is -2.09. The number of carbonyl (C=O) groups is 1. The Balaban J connectivity index is 2.69. The van der Waals surface area contributed by atoms with Crippen molar-refractivity contribution in [1.82, 2.24) is 0 Å². The van der Waals surface area contributed by atoms with Crippen LogP contribution in [0.5, 0.6) is 11.5 Å². The van der Waals surface area contributed by atoms with Gasteiger partial charge in [0.05, 0.1) is 13.7 Å². The minimum atomic E-state index is -0.526. The van der Waals surface area contributed by atoms with E-state index < -0.39 is 5.97 Å². The molecule has 94 valence electrons. The quantitative estimate of drug-likeness (QED) is 0.801. The van der Waals surface area contributed by atoms with E-state index in [2.05, 4.69) is 13.8 Å². The zero-order valence-corrected chi connectivity index (χ0v) is 10.4. The number of carbonyl (C=O) groups excluding carboxylic acids is 1. The molecule has 0 fully saturated rings. The summed E-state index contributed by atoms with van der Waals surface area (Å²) >= 11 is 0. The lowest BCUT2D eigenvalue weighted by Crippen LogP contribution is -2.08. The number of rotatable bonds is 5. The van der Waals surface area contributed by atoms with Crippen LogP contribution in [0.1, 0.15) is 30.6 Å². The fourth-order valence-electron chi connectivity index (χ4n) is 1.32. The predicted molar refractivity (Wildman–Crippen MR) is 64.4 cm³/mol. The Hall–Kier alpha value is -1.71. The summed E-state index contributed by atoms with van der Waals surface area (Å²) in [5.41, 5.74) is 0.133. The molecule has 0 saturated carbocycles. The smallest absolute Gasteiger partial charge is 0.342 e. The average Bonchev–Trinajstić information content (AvgIpc) is 2.28. The number of esters is 1. The maximum Gasteiger partial charge on any atom is 0.342 e. The molecule has 4 nitrogen and oxygen atoms in total. The van der Waals surface area contributed by atoms with E-state index in [0.29, 0.717) is 12.5 Å². The van der Waals surface area contributed by atoms with E-state index in [4.69, 9.17) is 9.47 Å². The van der Waals surface area contributed by atoms with Crippen LogP contribution in [-0.2, 0) is 4.74 Å². The van der Waals surface area contributed by atoms with Gasteiger partial charge in [0, 0.05) is 0 Å². The highest BCUT2D eigenvalue weighted by Gasteiger charge is 2.15. The number of hydrogen-bond acceptors (Lipinski definition) is 4. The monoisotopic (exact) mass is 238 g/mol. The van der Waals surface area contributed by atoms with E-state index in [1.165, 1.54) is 13.2 Å². The fourth-order valence-corrected chi connectivity index (χ4v) is 1.32. The molecule has 1 N–H and O–H groups in total. The van der Waals surface area contributed by atoms with Gasteiger partial charge < -0.3 is 14.6 Å². The number of aromatic hydroxyl groups is 1. The predicted octanol–water partition coefficient (Wildman–Crippen LogP) is 2.60. The summed E-state index contributed by atoms with van der Waals surface area (Å²) in [7, 11) is 1.43. The first-order valence-electron chi connectivity index (χ1n) is 5.59. The molecule has 4 heteroatoms. The highest BCUT2D eigenvalue weighted by Crippen LogP contribution is 2.29. The lowest BCUT2D eigenvalue weighted by molar-refractivity contribution is 0.0484. The van der Waals surface area contributed by atoms with Gasteiger partial charge in [-0.2, -0.15) is 0 Å². The van der Waals surface area contributed by atoms with Crippen molar-refractivity contribution in [1.29, 1.82) is 0 Å². The van der Waals surface area contributed by atoms with E-state index in [0.717, 1.165) is 6.42 Å². The van der Waals surface area contributed by atoms with Crippen LogP contribution in [0.25, 0.3) is 0 Å². The Morgan fingerprint density at radius 2 is 2.12 bits per heavy atom. The zero-order valence-electron chi connectivity index (χ0n) is 10.4. The Morgan fingerprint density at radius 3 is 2.71 bits per heavy atom. The number of hydrogen-bond donors (Lipinski definition) is 1. The van der Waals surface area contributed by atoms with Crippen LogP contribution in [0.15, 0.2) is 18.2 Å². The van der Waals surface area contributed by atoms with E-state index in [1.807, 2.05) is 0 Å². The van der Waals surface area contributed by atoms with Crippen LogP contribution < -0.4 is 4.74 Å². The second kappa shape index (κ2) is 6.13. The lowest BCUT2D eigenvalue weighted by atomic mass is 10.1. The number of phenolic OH excluding ortho intramolecular Hbond substituents is 1. The molecule has 1 aromatic rings. The van der Waals surface area contributed by atoms with Crippen LogP contribution in [0, 0.1) is 5.92 Å². The molecule has 0 aliphatic rings. The van der Waals surface area contributed by atoms with E-state index in [1.54, 1.807) is 12.1 Å². The molecule has 0 saturated heterocycles. The Kier molecular flexibility index (Phi) is 4.82. The van der Waals surface area contributed by atoms with Gasteiger partial charge in [0.25, 0.3) is 0 Å². The first kappa shape index (κ1) is 13.4. The second-order valence-electron chi connectivity index (χ2n) is 4.17. The van der Waals surface area contributed by atoms with Crippen LogP contribution in [0.2, 0.25) is 0 Å². The molecule has 0 bridgehead atoms. The van der Waals surface area contributed by atoms with Crippen LogP contribution in [0.3, 0.4) is 0 Å². The van der Waals surface area contributed by atoms with Gasteiger partial charge in [-0.15, -0.1) is 0 Å². The van der Waals surface area contributed by atoms with E-state index in [9.17, 15) is 9.90 Å². The van der Waals surface area contributed by atoms with Gasteiger partial charge in [0.1, 0.15) is 5.56 Å². The van der Waals surface area contributed by atoms with Crippen molar-refractivity contribution in [2.75, 3.05) is 13.7 Å².